The zero-order chi connectivity index (χ0) is 89.8. The van der Waals surface area contributed by atoms with E-state index in [1.165, 1.54) is 22.3 Å². The fourth-order valence-corrected chi connectivity index (χ4v) is 17.9. The molecule has 0 unspecified atom stereocenters. The molecule has 0 aliphatic heterocycles. The van der Waals surface area contributed by atoms with Crippen LogP contribution in [0.5, 0.6) is 0 Å². The maximum atomic E-state index is 12.3. The van der Waals surface area contributed by atoms with Crippen molar-refractivity contribution in [3.8, 4) is 47.4 Å². The minimum Gasteiger partial charge on any atom is -0.361 e. The molecule has 10 heteroatoms. The van der Waals surface area contributed by atoms with Crippen molar-refractivity contribution in [2.75, 3.05) is 0 Å². The summed E-state index contributed by atoms with van der Waals surface area (Å²) >= 11 is 0. The Labute approximate surface area is 721 Å². The SMILES string of the molecule is Cc1cc(C(=[N+]=[N-])c2c(C)cc(C(C)(C)C)cc2C)cc(C)c1C#Cc1c(C)c(C#Cc2c(C)cc(C(=[N+]=[N-])c3c(C)cc(C(C)(C)C)cc3C)cc2C)c(C)c(C(=[N+]=[N-])c2c(C)c(C#Cc3c(C)cc(C(=[N+]=[N-])c4c(C)cc(C(C)(C)C)cc4C)cc3C)c(C)c(C#Cc3c(C)cc(C(=[N+]=[N-])c4c(C)cc(C(C)(C)C)cc4C)cc3C)c2C)c1C. The predicted octanol–water partition coefficient (Wildman–Crippen LogP) is 24.6. The van der Waals surface area contributed by atoms with Crippen molar-refractivity contribution in [3.05, 3.63) is 370 Å². The van der Waals surface area contributed by atoms with Crippen LogP contribution in [0.1, 0.15) is 328 Å². The van der Waals surface area contributed by atoms with E-state index < -0.39 is 0 Å². The molecule has 10 rings (SSSR count). The van der Waals surface area contributed by atoms with Crippen LogP contribution in [-0.2, 0) is 21.7 Å². The summed E-state index contributed by atoms with van der Waals surface area (Å²) in [5, 5.41) is 0. The van der Waals surface area contributed by atoms with Gasteiger partial charge >= 0.3 is 28.6 Å². The molecular weight excluding hydrogens is 1470 g/mol. The lowest BCUT2D eigenvalue weighted by atomic mass is 9.80. The Morgan fingerprint density at radius 3 is 0.455 bits per heavy atom. The number of benzene rings is 10. The Balaban J connectivity index is 1.23. The van der Waals surface area contributed by atoms with Crippen LogP contribution in [0.15, 0.2) is 97.1 Å². The van der Waals surface area contributed by atoms with E-state index in [4.69, 9.17) is 0 Å². The molecule has 0 fully saturated rings. The largest absolute Gasteiger partial charge is 0.361 e. The molecule has 0 saturated carbocycles. The summed E-state index contributed by atoms with van der Waals surface area (Å²) in [6, 6.07) is 33.8. The summed E-state index contributed by atoms with van der Waals surface area (Å²) in [4.78, 5) is 20.3. The van der Waals surface area contributed by atoms with Crippen molar-refractivity contribution in [2.24, 2.45) is 0 Å². The van der Waals surface area contributed by atoms with Gasteiger partial charge in [-0.2, -0.15) is 23.9 Å². The quantitative estimate of drug-likeness (QED) is 0.0547. The molecule has 0 heterocycles. The molecule has 0 radical (unpaired) electrons. The summed E-state index contributed by atoms with van der Waals surface area (Å²) in [6.45, 7) is 71.5. The third kappa shape index (κ3) is 18.0. The number of rotatable bonds is 10. The minimum absolute atomic E-state index is 0.0775. The van der Waals surface area contributed by atoms with E-state index in [1.807, 2.05) is 132 Å². The molecule has 0 N–H and O–H groups in total. The van der Waals surface area contributed by atoms with Gasteiger partial charge in [-0.15, -0.1) is 0 Å². The Morgan fingerprint density at radius 2 is 0.322 bits per heavy atom. The van der Waals surface area contributed by atoms with Crippen LogP contribution in [0, 0.1) is 200 Å². The molecule has 10 aromatic carbocycles. The molecule has 10 aromatic rings. The highest BCUT2D eigenvalue weighted by Gasteiger charge is 2.34. The number of hydrogen-bond donors (Lipinski definition) is 0. The topological polar surface area (TPSA) is 182 Å². The molecule has 0 amide bonds. The van der Waals surface area contributed by atoms with E-state index in [9.17, 15) is 27.7 Å². The summed E-state index contributed by atoms with van der Waals surface area (Å²) in [5.74, 6) is 29.4. The van der Waals surface area contributed by atoms with Gasteiger partial charge in [0.2, 0.25) is 0 Å². The molecule has 0 atom stereocenters. The lowest BCUT2D eigenvalue weighted by Gasteiger charge is -2.21. The lowest BCUT2D eigenvalue weighted by molar-refractivity contribution is -0.00340. The summed E-state index contributed by atoms with van der Waals surface area (Å²) in [6.07, 6.45) is 0. The second-order valence-corrected chi connectivity index (χ2v) is 38.1. The summed E-state index contributed by atoms with van der Waals surface area (Å²) in [7, 11) is 0. The van der Waals surface area contributed by atoms with E-state index in [0.717, 1.165) is 189 Å². The Hall–Kier alpha value is -12.7. The smallest absolute Gasteiger partial charge is 0.330 e. The van der Waals surface area contributed by atoms with Crippen LogP contribution >= 0.6 is 0 Å². The molecule has 612 valence electrons. The van der Waals surface area contributed by atoms with E-state index in [2.05, 4.69) is 272 Å². The monoisotopic (exact) mass is 1590 g/mol. The van der Waals surface area contributed by atoms with Crippen LogP contribution in [0.2, 0.25) is 0 Å². The van der Waals surface area contributed by atoms with Gasteiger partial charge in [-0.3, -0.25) is 0 Å². The molecule has 0 aliphatic carbocycles. The average Bonchev–Trinajstić information content (AvgIpc) is 0.764. The van der Waals surface area contributed by atoms with Gasteiger partial charge in [-0.1, -0.05) is 179 Å². The standard InChI is InChI=1S/C111H118N10/c1-59-43-81(103(117-112)97-67(9)51-85(52-68(97)10)108(23,24)25)44-60(2)89(59)35-39-93-75(17)94(40-36-90-61(3)45-82(46-62(90)4)104(118-113)98-69(11)53-86(54-70(98)12)109(26,27)28)78(20)101(77(93)19)107(121-116)102-79(21)95(41-37-91-63(5)47-83(48-64(91)6)105(119-114)99-71(13)55-87(56-72(99)14)110(29,30)31)76(18)96(80(102)22)42-38-92-65(7)49-84(50-66(92)8)106(120-115)100-73(15)57-88(58-74(100)16)111(32,33)34/h43-58H,1-34H3. The van der Waals surface area contributed by atoms with Crippen LogP contribution in [0.3, 0.4) is 0 Å². The van der Waals surface area contributed by atoms with Gasteiger partial charge in [0.05, 0.1) is 55.6 Å². The van der Waals surface area contributed by atoms with Crippen molar-refractivity contribution in [1.29, 1.82) is 0 Å². The first-order valence-electron chi connectivity index (χ1n) is 41.9. The predicted molar refractivity (Wildman–Crippen MR) is 502 cm³/mol. The molecule has 0 spiro atoms. The van der Waals surface area contributed by atoms with E-state index in [1.54, 1.807) is 0 Å². The fraction of sp³-hybridized carbons (Fsp3) is 0.342. The van der Waals surface area contributed by atoms with Crippen molar-refractivity contribution in [1.82, 2.24) is 0 Å². The van der Waals surface area contributed by atoms with Gasteiger partial charge in [0.25, 0.3) is 0 Å². The second kappa shape index (κ2) is 34.6. The highest BCUT2D eigenvalue weighted by Crippen LogP contribution is 2.39. The van der Waals surface area contributed by atoms with Crippen molar-refractivity contribution in [2.45, 2.75) is 257 Å². The molecule has 0 saturated heterocycles. The number of nitrogens with zero attached hydrogens (tertiary/aromatic N) is 10. The second-order valence-electron chi connectivity index (χ2n) is 38.1. The first-order chi connectivity index (χ1) is 56.4. The molecule has 0 aliphatic rings. The Kier molecular flexibility index (Phi) is 25.9. The van der Waals surface area contributed by atoms with Crippen molar-refractivity contribution < 1.29 is 23.9 Å². The lowest BCUT2D eigenvalue weighted by Crippen LogP contribution is -2.18. The minimum atomic E-state index is -0.0775. The van der Waals surface area contributed by atoms with Crippen molar-refractivity contribution in [3.63, 3.8) is 0 Å². The normalized spacial score (nSPS) is 11.3. The molecular formula is C111H118N10. The van der Waals surface area contributed by atoms with Crippen molar-refractivity contribution >= 4 is 28.6 Å². The maximum Gasteiger partial charge on any atom is 0.330 e. The third-order valence-corrected chi connectivity index (χ3v) is 24.5. The van der Waals surface area contributed by atoms with Crippen LogP contribution in [0.4, 0.5) is 0 Å². The van der Waals surface area contributed by atoms with Gasteiger partial charge in [-0.05, 0) is 367 Å². The summed E-state index contributed by atoms with van der Waals surface area (Å²) < 4.78 is 0. The first kappa shape index (κ1) is 90.7. The van der Waals surface area contributed by atoms with Gasteiger partial charge < -0.3 is 27.7 Å². The highest BCUT2D eigenvalue weighted by molar-refractivity contribution is 6.16. The molecule has 10 nitrogen and oxygen atoms in total. The molecule has 0 bridgehead atoms. The zero-order valence-corrected chi connectivity index (χ0v) is 78.2. The number of hydrogen-bond acceptors (Lipinski definition) is 0. The zero-order valence-electron chi connectivity index (χ0n) is 78.2. The van der Waals surface area contributed by atoms with Crippen LogP contribution < -0.4 is 0 Å². The summed E-state index contributed by atoms with van der Waals surface area (Å²) in [5.41, 5.74) is 96.5. The van der Waals surface area contributed by atoms with E-state index >= 15 is 0 Å². The van der Waals surface area contributed by atoms with Gasteiger partial charge in [-0.25, -0.2) is 0 Å². The third-order valence-electron chi connectivity index (χ3n) is 24.5. The van der Waals surface area contributed by atoms with Crippen LogP contribution in [0.25, 0.3) is 27.7 Å². The first-order valence-corrected chi connectivity index (χ1v) is 41.9. The Morgan fingerprint density at radius 1 is 0.182 bits per heavy atom. The number of aryl methyl sites for hydroxylation is 16. The fourth-order valence-electron chi connectivity index (χ4n) is 17.9. The Bertz CT molecular complexity index is 5730. The molecule has 0 aromatic heterocycles. The van der Waals surface area contributed by atoms with Gasteiger partial charge in [0.1, 0.15) is 0 Å². The van der Waals surface area contributed by atoms with E-state index in [-0.39, 0.29) is 27.4 Å². The maximum absolute atomic E-state index is 12.3. The highest BCUT2D eigenvalue weighted by atomic mass is 14.9. The van der Waals surface area contributed by atoms with Gasteiger partial charge in [0, 0.05) is 44.5 Å². The van der Waals surface area contributed by atoms with E-state index in [0.29, 0.717) is 56.2 Å². The average molecular weight is 1590 g/mol. The van der Waals surface area contributed by atoms with Crippen LogP contribution in [-0.4, -0.2) is 52.5 Å². The van der Waals surface area contributed by atoms with Gasteiger partial charge in [0.15, 0.2) is 0 Å². The molecule has 121 heavy (non-hydrogen) atoms.